The highest BCUT2D eigenvalue weighted by Gasteiger charge is 2.11. The number of aryl methyl sites for hydroxylation is 3. The number of hydrogen-bond donors (Lipinski definition) is 1. The maximum atomic E-state index is 5.49. The summed E-state index contributed by atoms with van der Waals surface area (Å²) in [7, 11) is 3.30. The van der Waals surface area contributed by atoms with Crippen molar-refractivity contribution < 1.29 is 9.47 Å². The Morgan fingerprint density at radius 3 is 2.32 bits per heavy atom. The Morgan fingerprint density at radius 1 is 0.880 bits per heavy atom. The van der Waals surface area contributed by atoms with E-state index in [1.165, 1.54) is 11.1 Å². The predicted molar refractivity (Wildman–Crippen MR) is 106 cm³/mol. The van der Waals surface area contributed by atoms with Crippen LogP contribution in [0.3, 0.4) is 0 Å². The van der Waals surface area contributed by atoms with E-state index in [4.69, 9.17) is 14.5 Å². The summed E-state index contributed by atoms with van der Waals surface area (Å²) in [6, 6.07) is 12.1. The molecule has 25 heavy (non-hydrogen) atoms. The lowest BCUT2D eigenvalue weighted by Gasteiger charge is -2.16. The first-order valence-electron chi connectivity index (χ1n) is 7.89. The molecule has 1 aromatic heterocycles. The summed E-state index contributed by atoms with van der Waals surface area (Å²) in [6.45, 7) is 6.21. The Kier molecular flexibility index (Phi) is 5.75. The van der Waals surface area contributed by atoms with Gasteiger partial charge in [0.2, 0.25) is 0 Å². The lowest BCUT2D eigenvalue weighted by molar-refractivity contribution is 0.395. The largest absolute Gasteiger partial charge is 0.497 e. The van der Waals surface area contributed by atoms with Crippen molar-refractivity contribution in [2.75, 3.05) is 19.5 Å². The molecule has 0 unspecified atom stereocenters. The first-order valence-corrected chi connectivity index (χ1v) is 7.89. The average Bonchev–Trinajstić information content (AvgIpc) is 2.56. The fourth-order valence-electron chi connectivity index (χ4n) is 2.96. The van der Waals surface area contributed by atoms with Crippen molar-refractivity contribution in [3.8, 4) is 11.5 Å². The fourth-order valence-corrected chi connectivity index (χ4v) is 2.96. The summed E-state index contributed by atoms with van der Waals surface area (Å²) in [5.41, 5.74) is 6.31. The van der Waals surface area contributed by atoms with E-state index in [1.54, 1.807) is 14.2 Å². The van der Waals surface area contributed by atoms with E-state index in [0.717, 1.165) is 39.5 Å². The van der Waals surface area contributed by atoms with Gasteiger partial charge in [0.25, 0.3) is 0 Å². The molecule has 3 rings (SSSR count). The average molecular weight is 359 g/mol. The maximum Gasteiger partial charge on any atom is 0.145 e. The summed E-state index contributed by atoms with van der Waals surface area (Å²) in [5, 5.41) is 4.60. The lowest BCUT2D eigenvalue weighted by atomic mass is 10.0. The van der Waals surface area contributed by atoms with Gasteiger partial charge in [0.1, 0.15) is 11.5 Å². The molecule has 5 heteroatoms. The van der Waals surface area contributed by atoms with Crippen LogP contribution in [0, 0.1) is 20.8 Å². The molecule has 0 atom stereocenters. The van der Waals surface area contributed by atoms with Crippen molar-refractivity contribution in [1.29, 1.82) is 0 Å². The van der Waals surface area contributed by atoms with E-state index in [2.05, 4.69) is 37.4 Å². The summed E-state index contributed by atoms with van der Waals surface area (Å²) in [5.74, 6) is 1.50. The van der Waals surface area contributed by atoms with Gasteiger partial charge in [-0.3, -0.25) is 4.98 Å². The van der Waals surface area contributed by atoms with Crippen molar-refractivity contribution in [2.24, 2.45) is 0 Å². The smallest absolute Gasteiger partial charge is 0.145 e. The second-order valence-corrected chi connectivity index (χ2v) is 5.98. The Bertz CT molecular complexity index is 910. The van der Waals surface area contributed by atoms with Crippen LogP contribution in [-0.2, 0) is 0 Å². The number of aromatic nitrogens is 1. The van der Waals surface area contributed by atoms with Crippen LogP contribution in [0.4, 0.5) is 11.4 Å². The minimum Gasteiger partial charge on any atom is -0.497 e. The molecule has 4 nitrogen and oxygen atoms in total. The minimum atomic E-state index is 0. The molecule has 0 aliphatic rings. The highest BCUT2D eigenvalue weighted by molar-refractivity contribution is 5.96. The highest BCUT2D eigenvalue weighted by Crippen LogP contribution is 2.35. The van der Waals surface area contributed by atoms with Gasteiger partial charge in [-0.05, 0) is 50.6 Å². The molecule has 0 aliphatic carbocycles. The fraction of sp³-hybridized carbons (Fsp3) is 0.250. The Labute approximate surface area is 154 Å². The monoisotopic (exact) mass is 358 g/mol. The number of nitrogens with zero attached hydrogens (tertiary/aromatic N) is 1. The molecular weight excluding hydrogens is 336 g/mol. The summed E-state index contributed by atoms with van der Waals surface area (Å²) in [6.07, 6.45) is 0. The van der Waals surface area contributed by atoms with E-state index in [-0.39, 0.29) is 12.4 Å². The SMILES string of the molecule is COc1ccc(Nc2cc(C)nc3c(C)cc(C)cc23)c(OC)c1.Cl. The van der Waals surface area contributed by atoms with Gasteiger partial charge in [-0.2, -0.15) is 0 Å². The molecule has 0 spiro atoms. The van der Waals surface area contributed by atoms with Crippen LogP contribution in [0.5, 0.6) is 11.5 Å². The zero-order chi connectivity index (χ0) is 17.3. The van der Waals surface area contributed by atoms with E-state index in [1.807, 2.05) is 25.1 Å². The van der Waals surface area contributed by atoms with Crippen molar-refractivity contribution >= 4 is 34.7 Å². The van der Waals surface area contributed by atoms with E-state index >= 15 is 0 Å². The third-order valence-electron chi connectivity index (χ3n) is 4.05. The topological polar surface area (TPSA) is 43.4 Å². The molecular formula is C20H23ClN2O2. The van der Waals surface area contributed by atoms with E-state index in [0.29, 0.717) is 0 Å². The number of halogens is 1. The van der Waals surface area contributed by atoms with Crippen LogP contribution in [0.15, 0.2) is 36.4 Å². The number of fused-ring (bicyclic) bond motifs is 1. The Morgan fingerprint density at radius 2 is 1.64 bits per heavy atom. The first-order chi connectivity index (χ1) is 11.5. The molecule has 0 aliphatic heterocycles. The summed E-state index contributed by atoms with van der Waals surface area (Å²) in [4.78, 5) is 4.70. The number of benzene rings is 2. The Hall–Kier alpha value is -2.46. The van der Waals surface area contributed by atoms with Gasteiger partial charge in [-0.25, -0.2) is 0 Å². The molecule has 0 bridgehead atoms. The molecule has 132 valence electrons. The number of methoxy groups -OCH3 is 2. The highest BCUT2D eigenvalue weighted by atomic mass is 35.5. The number of pyridine rings is 1. The number of hydrogen-bond acceptors (Lipinski definition) is 4. The van der Waals surface area contributed by atoms with Crippen molar-refractivity contribution in [3.05, 3.63) is 53.2 Å². The number of nitrogens with one attached hydrogen (secondary N) is 1. The van der Waals surface area contributed by atoms with Gasteiger partial charge >= 0.3 is 0 Å². The van der Waals surface area contributed by atoms with Gasteiger partial charge in [0.15, 0.2) is 0 Å². The molecule has 1 heterocycles. The van der Waals surface area contributed by atoms with Crippen molar-refractivity contribution in [2.45, 2.75) is 20.8 Å². The third-order valence-corrected chi connectivity index (χ3v) is 4.05. The second kappa shape index (κ2) is 7.62. The molecule has 0 radical (unpaired) electrons. The van der Waals surface area contributed by atoms with Gasteiger partial charge in [0.05, 0.1) is 25.4 Å². The van der Waals surface area contributed by atoms with E-state index < -0.39 is 0 Å². The molecule has 3 aromatic rings. The molecule has 2 aromatic carbocycles. The van der Waals surface area contributed by atoms with Crippen molar-refractivity contribution in [3.63, 3.8) is 0 Å². The zero-order valence-electron chi connectivity index (χ0n) is 15.1. The molecule has 0 saturated heterocycles. The predicted octanol–water partition coefficient (Wildman–Crippen LogP) is 5.34. The second-order valence-electron chi connectivity index (χ2n) is 5.98. The van der Waals surface area contributed by atoms with Gasteiger partial charge < -0.3 is 14.8 Å². The van der Waals surface area contributed by atoms with Crippen LogP contribution in [0.1, 0.15) is 16.8 Å². The van der Waals surface area contributed by atoms with Gasteiger partial charge in [0, 0.05) is 22.8 Å². The third kappa shape index (κ3) is 3.80. The molecule has 0 amide bonds. The number of rotatable bonds is 4. The summed E-state index contributed by atoms with van der Waals surface area (Å²) < 4.78 is 10.8. The van der Waals surface area contributed by atoms with Gasteiger partial charge in [-0.1, -0.05) is 11.6 Å². The lowest BCUT2D eigenvalue weighted by Crippen LogP contribution is -1.99. The Balaban J connectivity index is 0.00000225. The standard InChI is InChI=1S/C20H22N2O2.ClH/c1-12-8-13(2)20-16(9-12)18(10-14(3)21-20)22-17-7-6-15(23-4)11-19(17)24-5;/h6-11H,1-5H3,(H,21,22);1H. The quantitative estimate of drug-likeness (QED) is 0.683. The maximum absolute atomic E-state index is 5.49. The van der Waals surface area contributed by atoms with Crippen LogP contribution >= 0.6 is 12.4 Å². The molecule has 0 saturated carbocycles. The first kappa shape index (κ1) is 18.9. The number of anilines is 2. The van der Waals surface area contributed by atoms with E-state index in [9.17, 15) is 0 Å². The van der Waals surface area contributed by atoms with Crippen LogP contribution < -0.4 is 14.8 Å². The minimum absolute atomic E-state index is 0. The summed E-state index contributed by atoms with van der Waals surface area (Å²) >= 11 is 0. The van der Waals surface area contributed by atoms with Crippen LogP contribution in [0.2, 0.25) is 0 Å². The molecule has 1 N–H and O–H groups in total. The van der Waals surface area contributed by atoms with Gasteiger partial charge in [-0.15, -0.1) is 12.4 Å². The zero-order valence-corrected chi connectivity index (χ0v) is 16.0. The van der Waals surface area contributed by atoms with Crippen molar-refractivity contribution in [1.82, 2.24) is 4.98 Å². The normalized spacial score (nSPS) is 10.3. The molecule has 0 fully saturated rings. The van der Waals surface area contributed by atoms with Crippen LogP contribution in [0.25, 0.3) is 10.9 Å². The van der Waals surface area contributed by atoms with Crippen LogP contribution in [-0.4, -0.2) is 19.2 Å². The number of ether oxygens (including phenoxy) is 2.